The fraction of sp³-hybridized carbons (Fsp3) is 0.429. The van der Waals surface area contributed by atoms with Gasteiger partial charge in [0.25, 0.3) is 5.91 Å². The van der Waals surface area contributed by atoms with Crippen LogP contribution in [0, 0.1) is 0 Å². The van der Waals surface area contributed by atoms with Gasteiger partial charge in [-0.1, -0.05) is 32.6 Å². The number of allylic oxidation sites excluding steroid dienone is 2. The third-order valence-corrected chi connectivity index (χ3v) is 3.04. The Morgan fingerprint density at radius 2 is 2.00 bits per heavy atom. The second-order valence-electron chi connectivity index (χ2n) is 4.02. The van der Waals surface area contributed by atoms with Gasteiger partial charge in [-0.25, -0.2) is 4.79 Å². The Bertz CT molecular complexity index is 452. The molecule has 1 unspecified atom stereocenters. The summed E-state index contributed by atoms with van der Waals surface area (Å²) in [7, 11) is 0. The maximum absolute atomic E-state index is 12.0. The van der Waals surface area contributed by atoms with Gasteiger partial charge in [0.15, 0.2) is 0 Å². The van der Waals surface area contributed by atoms with E-state index in [0.717, 1.165) is 11.3 Å². The van der Waals surface area contributed by atoms with E-state index in [1.165, 1.54) is 0 Å². The number of rotatable bonds is 2. The summed E-state index contributed by atoms with van der Waals surface area (Å²) >= 11 is 0. The van der Waals surface area contributed by atoms with Gasteiger partial charge >= 0.3 is 6.03 Å². The molecule has 104 valence electrons. The highest BCUT2D eigenvalue weighted by Crippen LogP contribution is 2.31. The van der Waals surface area contributed by atoms with Gasteiger partial charge in [0.05, 0.1) is 0 Å². The number of nitrogens with one attached hydrogen (secondary N) is 3. The van der Waals surface area contributed by atoms with E-state index in [1.807, 2.05) is 32.9 Å². The van der Waals surface area contributed by atoms with Crippen molar-refractivity contribution in [1.29, 1.82) is 0 Å². The molecule has 0 aromatic carbocycles. The van der Waals surface area contributed by atoms with Crippen LogP contribution in [0.15, 0.2) is 36.1 Å². The third kappa shape index (κ3) is 2.54. The van der Waals surface area contributed by atoms with Crippen molar-refractivity contribution in [3.05, 3.63) is 36.1 Å². The van der Waals surface area contributed by atoms with Crippen LogP contribution < -0.4 is 16.0 Å². The molecule has 3 N–H and O–H groups in total. The molecule has 0 aliphatic carbocycles. The summed E-state index contributed by atoms with van der Waals surface area (Å²) in [6.07, 6.45) is 5.86. The predicted octanol–water partition coefficient (Wildman–Crippen LogP) is 1.60. The molecule has 3 amide bonds. The zero-order valence-corrected chi connectivity index (χ0v) is 11.7. The summed E-state index contributed by atoms with van der Waals surface area (Å²) < 4.78 is 0. The van der Waals surface area contributed by atoms with Gasteiger partial charge in [-0.15, -0.1) is 0 Å². The highest BCUT2D eigenvalue weighted by atomic mass is 16.2. The summed E-state index contributed by atoms with van der Waals surface area (Å²) in [5.74, 6) is -0.295. The Balaban J connectivity index is 0.000000861. The van der Waals surface area contributed by atoms with Crippen molar-refractivity contribution in [2.75, 3.05) is 6.54 Å². The van der Waals surface area contributed by atoms with Crippen LogP contribution in [-0.2, 0) is 4.79 Å². The zero-order chi connectivity index (χ0) is 14.5. The van der Waals surface area contributed by atoms with Gasteiger partial charge < -0.3 is 10.6 Å². The molecule has 0 saturated carbocycles. The normalized spacial score (nSPS) is 25.6. The number of carbonyl (C=O) groups is 2. The van der Waals surface area contributed by atoms with Crippen molar-refractivity contribution in [1.82, 2.24) is 16.0 Å². The minimum absolute atomic E-state index is 0.295. The Labute approximate surface area is 113 Å². The molecule has 2 aliphatic rings. The maximum atomic E-state index is 12.0. The van der Waals surface area contributed by atoms with E-state index in [9.17, 15) is 9.59 Å². The molecule has 1 saturated heterocycles. The molecule has 1 spiro atoms. The minimum Gasteiger partial charge on any atom is -0.385 e. The molecular formula is C14H21N3O2. The highest BCUT2D eigenvalue weighted by molar-refractivity contribution is 6.09. The second-order valence-corrected chi connectivity index (χ2v) is 4.02. The molecule has 5 nitrogen and oxygen atoms in total. The topological polar surface area (TPSA) is 70.2 Å². The van der Waals surface area contributed by atoms with Gasteiger partial charge in [0.1, 0.15) is 5.54 Å². The quantitative estimate of drug-likeness (QED) is 0.663. The Kier molecular flexibility index (Phi) is 4.92. The highest BCUT2D eigenvalue weighted by Gasteiger charge is 2.50. The number of amides is 3. The van der Waals surface area contributed by atoms with E-state index >= 15 is 0 Å². The van der Waals surface area contributed by atoms with Gasteiger partial charge in [-0.3, -0.25) is 10.1 Å². The molecule has 19 heavy (non-hydrogen) atoms. The first kappa shape index (κ1) is 15.0. The summed E-state index contributed by atoms with van der Waals surface area (Å²) in [5, 5.41) is 8.18. The molecular weight excluding hydrogens is 242 g/mol. The third-order valence-electron chi connectivity index (χ3n) is 3.04. The number of hydrogen-bond acceptors (Lipinski definition) is 3. The fourth-order valence-electron chi connectivity index (χ4n) is 2.28. The van der Waals surface area contributed by atoms with E-state index in [-0.39, 0.29) is 5.91 Å². The monoisotopic (exact) mass is 263 g/mol. The average Bonchev–Trinajstić information content (AvgIpc) is 2.70. The van der Waals surface area contributed by atoms with Gasteiger partial charge in [0, 0.05) is 24.2 Å². The molecule has 2 aliphatic heterocycles. The first-order valence-corrected chi connectivity index (χ1v) is 6.51. The SMILES string of the molecule is C=CC1=C(/C=C\C)C2(CCN1)NC(=O)NC2=O.CC. The fourth-order valence-corrected chi connectivity index (χ4v) is 2.28. The Morgan fingerprint density at radius 3 is 2.47 bits per heavy atom. The standard InChI is InChI=1S/C12H15N3O2.C2H6/c1-3-5-8-9(4-2)13-7-6-12(8)10(16)14-11(17)15-12;1-2/h3-5,13H,2,6-7H2,1H3,(H2,14,15,16,17);1-2H3/b5-3-;. The molecule has 2 heterocycles. The van der Waals surface area contributed by atoms with Gasteiger partial charge in [-0.2, -0.15) is 0 Å². The second kappa shape index (κ2) is 6.22. The minimum atomic E-state index is -0.946. The lowest BCUT2D eigenvalue weighted by Gasteiger charge is -2.33. The molecule has 0 aromatic rings. The molecule has 0 aromatic heterocycles. The van der Waals surface area contributed by atoms with E-state index in [2.05, 4.69) is 22.5 Å². The summed E-state index contributed by atoms with van der Waals surface area (Å²) in [6, 6.07) is -0.442. The lowest BCUT2D eigenvalue weighted by atomic mass is 9.82. The van der Waals surface area contributed by atoms with Crippen LogP contribution >= 0.6 is 0 Å². The van der Waals surface area contributed by atoms with Crippen molar-refractivity contribution in [3.8, 4) is 0 Å². The number of urea groups is 1. The summed E-state index contributed by atoms with van der Waals surface area (Å²) in [6.45, 7) is 10.2. The maximum Gasteiger partial charge on any atom is 0.322 e. The van der Waals surface area contributed by atoms with Gasteiger partial charge in [-0.05, 0) is 13.0 Å². The summed E-state index contributed by atoms with van der Waals surface area (Å²) in [4.78, 5) is 23.3. The van der Waals surface area contributed by atoms with Crippen molar-refractivity contribution in [3.63, 3.8) is 0 Å². The average molecular weight is 263 g/mol. The van der Waals surface area contributed by atoms with Crippen LogP contribution in [0.2, 0.25) is 0 Å². The molecule has 1 atom stereocenters. The van der Waals surface area contributed by atoms with E-state index in [4.69, 9.17) is 0 Å². The number of imide groups is 1. The number of hydrogen-bond donors (Lipinski definition) is 3. The molecule has 1 fully saturated rings. The zero-order valence-electron chi connectivity index (χ0n) is 11.7. The van der Waals surface area contributed by atoms with Crippen molar-refractivity contribution < 1.29 is 9.59 Å². The lowest BCUT2D eigenvalue weighted by molar-refractivity contribution is -0.123. The van der Waals surface area contributed by atoms with Crippen LogP contribution in [0.3, 0.4) is 0 Å². The van der Waals surface area contributed by atoms with Crippen molar-refractivity contribution in [2.24, 2.45) is 0 Å². The van der Waals surface area contributed by atoms with E-state index < -0.39 is 11.6 Å². The number of carbonyl (C=O) groups excluding carboxylic acids is 2. The van der Waals surface area contributed by atoms with Crippen LogP contribution in [0.4, 0.5) is 4.79 Å². The van der Waals surface area contributed by atoms with Crippen LogP contribution in [0.25, 0.3) is 0 Å². The van der Waals surface area contributed by atoms with Crippen LogP contribution in [0.5, 0.6) is 0 Å². The lowest BCUT2D eigenvalue weighted by Crippen LogP contribution is -2.53. The van der Waals surface area contributed by atoms with Crippen molar-refractivity contribution in [2.45, 2.75) is 32.7 Å². The smallest absolute Gasteiger partial charge is 0.322 e. The first-order chi connectivity index (χ1) is 9.14. The molecule has 5 heteroatoms. The summed E-state index contributed by atoms with van der Waals surface area (Å²) in [5.41, 5.74) is 0.592. The van der Waals surface area contributed by atoms with Gasteiger partial charge in [0.2, 0.25) is 0 Å². The molecule has 0 radical (unpaired) electrons. The van der Waals surface area contributed by atoms with Crippen LogP contribution in [-0.4, -0.2) is 24.0 Å². The first-order valence-electron chi connectivity index (χ1n) is 6.51. The van der Waals surface area contributed by atoms with Crippen LogP contribution in [0.1, 0.15) is 27.2 Å². The largest absolute Gasteiger partial charge is 0.385 e. The Morgan fingerprint density at radius 1 is 1.32 bits per heavy atom. The molecule has 0 bridgehead atoms. The Hall–Kier alpha value is -2.04. The molecule has 2 rings (SSSR count). The van der Waals surface area contributed by atoms with E-state index in [1.54, 1.807) is 6.08 Å². The van der Waals surface area contributed by atoms with E-state index in [0.29, 0.717) is 13.0 Å². The predicted molar refractivity (Wildman–Crippen MR) is 75.4 cm³/mol. The van der Waals surface area contributed by atoms with Crippen molar-refractivity contribution >= 4 is 11.9 Å².